The summed E-state index contributed by atoms with van der Waals surface area (Å²) in [5.41, 5.74) is 0.685. The van der Waals surface area contributed by atoms with Crippen LogP contribution in [0.4, 0.5) is 4.39 Å². The zero-order valence-corrected chi connectivity index (χ0v) is 10.6. The van der Waals surface area contributed by atoms with Crippen molar-refractivity contribution in [1.29, 1.82) is 0 Å². The maximum Gasteiger partial charge on any atom is 0.147 e. The fraction of sp³-hybridized carbons (Fsp3) is 0.455. The van der Waals surface area contributed by atoms with Gasteiger partial charge in [-0.2, -0.15) is 0 Å². The van der Waals surface area contributed by atoms with Gasteiger partial charge in [0, 0.05) is 16.6 Å². The SMILES string of the molecule is Fc1c(CN2CCCC2)ccc(Br)c1Cl. The summed E-state index contributed by atoms with van der Waals surface area (Å²) in [6.07, 6.45) is 2.43. The molecule has 0 bridgehead atoms. The molecule has 0 atom stereocenters. The van der Waals surface area contributed by atoms with E-state index in [-0.39, 0.29) is 10.8 Å². The highest BCUT2D eigenvalue weighted by Gasteiger charge is 2.16. The molecule has 0 aliphatic carbocycles. The van der Waals surface area contributed by atoms with Crippen LogP contribution in [-0.4, -0.2) is 18.0 Å². The maximum absolute atomic E-state index is 13.7. The molecule has 15 heavy (non-hydrogen) atoms. The second kappa shape index (κ2) is 4.81. The van der Waals surface area contributed by atoms with Gasteiger partial charge in [-0.25, -0.2) is 4.39 Å². The summed E-state index contributed by atoms with van der Waals surface area (Å²) in [6.45, 7) is 2.79. The van der Waals surface area contributed by atoms with E-state index in [1.807, 2.05) is 0 Å². The van der Waals surface area contributed by atoms with Crippen LogP contribution >= 0.6 is 27.5 Å². The molecular weight excluding hydrogens is 280 g/mol. The van der Waals surface area contributed by atoms with Crippen LogP contribution in [0.3, 0.4) is 0 Å². The Hall–Kier alpha value is -0.120. The van der Waals surface area contributed by atoms with E-state index in [1.165, 1.54) is 12.8 Å². The third-order valence-corrected chi connectivity index (χ3v) is 3.97. The number of benzene rings is 1. The zero-order chi connectivity index (χ0) is 10.8. The van der Waals surface area contributed by atoms with E-state index in [9.17, 15) is 4.39 Å². The molecule has 1 fully saturated rings. The van der Waals surface area contributed by atoms with Crippen LogP contribution in [0.25, 0.3) is 0 Å². The van der Waals surface area contributed by atoms with Crippen molar-refractivity contribution >= 4 is 27.5 Å². The Bertz CT molecular complexity index is 364. The summed E-state index contributed by atoms with van der Waals surface area (Å²) in [7, 11) is 0. The van der Waals surface area contributed by atoms with Gasteiger partial charge in [-0.1, -0.05) is 17.7 Å². The number of hydrogen-bond donors (Lipinski definition) is 0. The van der Waals surface area contributed by atoms with E-state index in [2.05, 4.69) is 20.8 Å². The summed E-state index contributed by atoms with van der Waals surface area (Å²) >= 11 is 9.04. The van der Waals surface area contributed by atoms with Crippen molar-refractivity contribution in [2.24, 2.45) is 0 Å². The fourth-order valence-corrected chi connectivity index (χ4v) is 2.36. The van der Waals surface area contributed by atoms with Gasteiger partial charge in [0.05, 0.1) is 5.02 Å². The molecule has 1 aromatic rings. The smallest absolute Gasteiger partial charge is 0.147 e. The lowest BCUT2D eigenvalue weighted by atomic mass is 10.2. The molecular formula is C11H12BrClFN. The van der Waals surface area contributed by atoms with Crippen molar-refractivity contribution in [1.82, 2.24) is 4.90 Å². The van der Waals surface area contributed by atoms with Crippen LogP contribution in [0.5, 0.6) is 0 Å². The molecule has 1 heterocycles. The third kappa shape index (κ3) is 2.52. The van der Waals surface area contributed by atoms with Crippen LogP contribution in [0.15, 0.2) is 16.6 Å². The van der Waals surface area contributed by atoms with Crippen LogP contribution in [0.2, 0.25) is 5.02 Å². The molecule has 1 aliphatic heterocycles. The standard InChI is InChI=1S/C11H12BrClFN/c12-9-4-3-8(11(14)10(9)13)7-15-5-1-2-6-15/h3-4H,1-2,5-7H2. The highest BCUT2D eigenvalue weighted by Crippen LogP contribution is 2.28. The first-order valence-electron chi connectivity index (χ1n) is 5.03. The van der Waals surface area contributed by atoms with E-state index in [4.69, 9.17) is 11.6 Å². The molecule has 4 heteroatoms. The molecule has 0 saturated carbocycles. The van der Waals surface area contributed by atoms with Gasteiger partial charge in [0.25, 0.3) is 0 Å². The second-order valence-electron chi connectivity index (χ2n) is 3.82. The second-order valence-corrected chi connectivity index (χ2v) is 5.05. The van der Waals surface area contributed by atoms with E-state index >= 15 is 0 Å². The van der Waals surface area contributed by atoms with E-state index in [1.54, 1.807) is 12.1 Å². The Kier molecular flexibility index (Phi) is 3.65. The molecule has 0 amide bonds. The molecule has 2 rings (SSSR count). The summed E-state index contributed by atoms with van der Waals surface area (Å²) in [6, 6.07) is 3.60. The maximum atomic E-state index is 13.7. The molecule has 0 spiro atoms. The largest absolute Gasteiger partial charge is 0.299 e. The number of nitrogens with zero attached hydrogens (tertiary/aromatic N) is 1. The molecule has 82 valence electrons. The van der Waals surface area contributed by atoms with Gasteiger partial charge in [0.15, 0.2) is 0 Å². The molecule has 1 aromatic carbocycles. The van der Waals surface area contributed by atoms with Crippen molar-refractivity contribution in [3.63, 3.8) is 0 Å². The summed E-state index contributed by atoms with van der Waals surface area (Å²) in [5, 5.41) is 0.187. The fourth-order valence-electron chi connectivity index (χ4n) is 1.87. The van der Waals surface area contributed by atoms with Crippen LogP contribution in [-0.2, 0) is 6.54 Å². The molecule has 1 nitrogen and oxygen atoms in total. The Morgan fingerprint density at radius 1 is 1.33 bits per heavy atom. The predicted molar refractivity (Wildman–Crippen MR) is 63.6 cm³/mol. The van der Waals surface area contributed by atoms with Crippen molar-refractivity contribution in [3.8, 4) is 0 Å². The van der Waals surface area contributed by atoms with Crippen LogP contribution < -0.4 is 0 Å². The zero-order valence-electron chi connectivity index (χ0n) is 8.27. The highest BCUT2D eigenvalue weighted by atomic mass is 79.9. The van der Waals surface area contributed by atoms with E-state index < -0.39 is 0 Å². The Morgan fingerprint density at radius 2 is 2.00 bits per heavy atom. The molecule has 0 aromatic heterocycles. The van der Waals surface area contributed by atoms with Crippen LogP contribution in [0, 0.1) is 5.82 Å². The van der Waals surface area contributed by atoms with E-state index in [0.717, 1.165) is 13.1 Å². The number of likely N-dealkylation sites (tertiary alicyclic amines) is 1. The lowest BCUT2D eigenvalue weighted by Gasteiger charge is -2.15. The average molecular weight is 293 g/mol. The Labute approximate surface area is 102 Å². The van der Waals surface area contributed by atoms with Crippen molar-refractivity contribution in [2.75, 3.05) is 13.1 Å². The van der Waals surface area contributed by atoms with Gasteiger partial charge in [-0.3, -0.25) is 4.90 Å². The Morgan fingerprint density at radius 3 is 2.67 bits per heavy atom. The third-order valence-electron chi connectivity index (χ3n) is 2.71. The monoisotopic (exact) mass is 291 g/mol. The quantitative estimate of drug-likeness (QED) is 0.749. The summed E-state index contributed by atoms with van der Waals surface area (Å²) < 4.78 is 14.3. The molecule has 1 aliphatic rings. The number of rotatable bonds is 2. The lowest BCUT2D eigenvalue weighted by Crippen LogP contribution is -2.19. The summed E-state index contributed by atoms with van der Waals surface area (Å²) in [5.74, 6) is -0.294. The van der Waals surface area contributed by atoms with Gasteiger partial charge < -0.3 is 0 Å². The predicted octanol–water partition coefficient (Wildman–Crippen LogP) is 3.84. The first-order valence-corrected chi connectivity index (χ1v) is 6.20. The molecule has 0 radical (unpaired) electrons. The molecule has 0 N–H and O–H groups in total. The number of hydrogen-bond acceptors (Lipinski definition) is 1. The van der Waals surface area contributed by atoms with Gasteiger partial charge in [-0.15, -0.1) is 0 Å². The minimum absolute atomic E-state index is 0.187. The van der Waals surface area contributed by atoms with E-state index in [0.29, 0.717) is 16.6 Å². The minimum Gasteiger partial charge on any atom is -0.299 e. The lowest BCUT2D eigenvalue weighted by molar-refractivity contribution is 0.325. The van der Waals surface area contributed by atoms with Gasteiger partial charge in [0.2, 0.25) is 0 Å². The van der Waals surface area contributed by atoms with Crippen molar-refractivity contribution in [3.05, 3.63) is 33.0 Å². The van der Waals surface area contributed by atoms with Crippen molar-refractivity contribution in [2.45, 2.75) is 19.4 Å². The normalized spacial score (nSPS) is 17.3. The van der Waals surface area contributed by atoms with Gasteiger partial charge in [-0.05, 0) is 47.9 Å². The van der Waals surface area contributed by atoms with Gasteiger partial charge in [0.1, 0.15) is 5.82 Å². The molecule has 0 unspecified atom stereocenters. The topological polar surface area (TPSA) is 3.24 Å². The van der Waals surface area contributed by atoms with Gasteiger partial charge >= 0.3 is 0 Å². The Balaban J connectivity index is 2.17. The van der Waals surface area contributed by atoms with Crippen LogP contribution in [0.1, 0.15) is 18.4 Å². The average Bonchev–Trinajstić information content (AvgIpc) is 2.72. The molecule has 1 saturated heterocycles. The first-order chi connectivity index (χ1) is 7.18. The summed E-state index contributed by atoms with van der Waals surface area (Å²) in [4.78, 5) is 2.25. The first kappa shape index (κ1) is 11.4. The highest BCUT2D eigenvalue weighted by molar-refractivity contribution is 9.10. The van der Waals surface area contributed by atoms with Crippen molar-refractivity contribution < 1.29 is 4.39 Å². The minimum atomic E-state index is -0.294. The number of halogens is 3.